The zero-order valence-corrected chi connectivity index (χ0v) is 16.8. The minimum absolute atomic E-state index is 0.150. The van der Waals surface area contributed by atoms with Crippen molar-refractivity contribution >= 4 is 28.9 Å². The highest BCUT2D eigenvalue weighted by Gasteiger charge is 2.28. The molecule has 4 rings (SSSR count). The Morgan fingerprint density at radius 3 is 2.93 bits per heavy atom. The van der Waals surface area contributed by atoms with E-state index in [0.29, 0.717) is 64.5 Å². The number of halogens is 1. The van der Waals surface area contributed by atoms with Crippen molar-refractivity contribution in [3.8, 4) is 17.1 Å². The number of nitrogens with one attached hydrogen (secondary N) is 3. The van der Waals surface area contributed by atoms with Gasteiger partial charge in [0, 0.05) is 32.0 Å². The number of carbonyl (C=O) groups is 1. The second-order valence-electron chi connectivity index (χ2n) is 6.47. The Morgan fingerprint density at radius 1 is 1.28 bits per heavy atom. The van der Waals surface area contributed by atoms with Crippen LogP contribution in [0.2, 0.25) is 5.02 Å². The van der Waals surface area contributed by atoms with Gasteiger partial charge in [0.25, 0.3) is 5.91 Å². The number of fused-ring (bicyclic) bond motifs is 1. The first-order chi connectivity index (χ1) is 14.1. The molecule has 29 heavy (non-hydrogen) atoms. The molecule has 1 aliphatic rings. The molecule has 1 aliphatic heterocycles. The van der Waals surface area contributed by atoms with E-state index in [-0.39, 0.29) is 5.91 Å². The number of aromatic nitrogens is 3. The third kappa shape index (κ3) is 3.64. The summed E-state index contributed by atoms with van der Waals surface area (Å²) in [5, 5.41) is 6.69. The number of nitrogens with zero attached hydrogens (tertiary/aromatic N) is 2. The fourth-order valence-electron chi connectivity index (χ4n) is 3.38. The van der Waals surface area contributed by atoms with Crippen LogP contribution in [0.15, 0.2) is 30.5 Å². The monoisotopic (exact) mass is 413 g/mol. The molecule has 0 saturated heterocycles. The van der Waals surface area contributed by atoms with E-state index in [4.69, 9.17) is 21.1 Å². The van der Waals surface area contributed by atoms with E-state index < -0.39 is 0 Å². The third-order valence-corrected chi connectivity index (χ3v) is 4.93. The number of hydrogen-bond donors (Lipinski definition) is 3. The summed E-state index contributed by atoms with van der Waals surface area (Å²) in [6, 6.07) is 7.18. The number of hydrogen-bond acceptors (Lipinski definition) is 6. The first-order valence-corrected chi connectivity index (χ1v) is 9.44. The molecular weight excluding hydrogens is 394 g/mol. The highest BCUT2D eigenvalue weighted by atomic mass is 35.5. The van der Waals surface area contributed by atoms with Gasteiger partial charge in [0.05, 0.1) is 40.5 Å². The number of ether oxygens (including phenoxy) is 2. The Kier molecular flexibility index (Phi) is 5.37. The maximum atomic E-state index is 12.7. The number of rotatable bonds is 6. The highest BCUT2D eigenvalue weighted by molar-refractivity contribution is 6.32. The summed E-state index contributed by atoms with van der Waals surface area (Å²) in [7, 11) is 3.14. The van der Waals surface area contributed by atoms with E-state index >= 15 is 0 Å². The second kappa shape index (κ2) is 8.10. The van der Waals surface area contributed by atoms with Gasteiger partial charge < -0.3 is 25.1 Å². The normalized spacial score (nSPS) is 13.0. The molecule has 3 aromatic rings. The lowest BCUT2D eigenvalue weighted by molar-refractivity contribution is 0.0947. The van der Waals surface area contributed by atoms with Gasteiger partial charge in [0.15, 0.2) is 11.6 Å². The van der Waals surface area contributed by atoms with E-state index in [1.54, 1.807) is 32.5 Å². The molecule has 1 aromatic carbocycles. The Hall–Kier alpha value is -3.10. The predicted molar refractivity (Wildman–Crippen MR) is 110 cm³/mol. The van der Waals surface area contributed by atoms with Gasteiger partial charge in [-0.2, -0.15) is 0 Å². The van der Waals surface area contributed by atoms with Crippen LogP contribution in [-0.4, -0.2) is 41.6 Å². The SMILES string of the molecule is COCc1nccc(-c2[nH]c3c(c2Nc2cccc(Cl)c2OC)C(=O)NCC3)n1. The van der Waals surface area contributed by atoms with Crippen molar-refractivity contribution in [3.05, 3.63) is 52.6 Å². The van der Waals surface area contributed by atoms with Gasteiger partial charge in [-0.15, -0.1) is 0 Å². The first kappa shape index (κ1) is 19.2. The minimum atomic E-state index is -0.150. The molecular formula is C20H20ClN5O3. The lowest BCUT2D eigenvalue weighted by Crippen LogP contribution is -2.31. The quantitative estimate of drug-likeness (QED) is 0.573. The lowest BCUT2D eigenvalue weighted by Gasteiger charge is -2.16. The summed E-state index contributed by atoms with van der Waals surface area (Å²) < 4.78 is 10.6. The molecule has 3 N–H and O–H groups in total. The van der Waals surface area contributed by atoms with Crippen molar-refractivity contribution in [2.75, 3.05) is 26.1 Å². The standard InChI is InChI=1S/C20H20ClN5O3/c1-28-10-15-22-8-7-13(24-15)17-18(16-12(25-17)6-9-23-20(16)27)26-14-5-3-4-11(21)19(14)29-2/h3-5,7-8,25-26H,6,9-10H2,1-2H3,(H,23,27). The van der Waals surface area contributed by atoms with Crippen molar-refractivity contribution in [2.24, 2.45) is 0 Å². The minimum Gasteiger partial charge on any atom is -0.493 e. The molecule has 0 unspecified atom stereocenters. The van der Waals surface area contributed by atoms with Gasteiger partial charge in [-0.05, 0) is 18.2 Å². The van der Waals surface area contributed by atoms with Crippen molar-refractivity contribution < 1.29 is 14.3 Å². The van der Waals surface area contributed by atoms with Crippen molar-refractivity contribution in [2.45, 2.75) is 13.0 Å². The molecule has 0 atom stereocenters. The first-order valence-electron chi connectivity index (χ1n) is 9.06. The van der Waals surface area contributed by atoms with Gasteiger partial charge >= 0.3 is 0 Å². The van der Waals surface area contributed by atoms with Crippen LogP contribution in [-0.2, 0) is 17.8 Å². The summed E-state index contributed by atoms with van der Waals surface area (Å²) in [6.45, 7) is 0.865. The maximum Gasteiger partial charge on any atom is 0.255 e. The molecule has 0 fully saturated rings. The molecule has 0 spiro atoms. The molecule has 0 bridgehead atoms. The topological polar surface area (TPSA) is 101 Å². The van der Waals surface area contributed by atoms with E-state index in [2.05, 4.69) is 25.6 Å². The molecule has 150 valence electrons. The van der Waals surface area contributed by atoms with Crippen LogP contribution in [0.5, 0.6) is 5.75 Å². The van der Waals surface area contributed by atoms with Crippen LogP contribution < -0.4 is 15.4 Å². The van der Waals surface area contributed by atoms with Crippen molar-refractivity contribution in [1.29, 1.82) is 0 Å². The molecule has 0 saturated carbocycles. The Labute approximate surface area is 172 Å². The Bertz CT molecular complexity index is 1070. The molecule has 9 heteroatoms. The maximum absolute atomic E-state index is 12.7. The van der Waals surface area contributed by atoms with Crippen LogP contribution in [0.3, 0.4) is 0 Å². The zero-order chi connectivity index (χ0) is 20.4. The molecule has 0 radical (unpaired) electrons. The number of benzene rings is 1. The van der Waals surface area contributed by atoms with Crippen LogP contribution in [0.4, 0.5) is 11.4 Å². The summed E-state index contributed by atoms with van der Waals surface area (Å²) in [5.41, 5.74) is 4.00. The number of para-hydroxylation sites is 1. The summed E-state index contributed by atoms with van der Waals surface area (Å²) in [4.78, 5) is 24.8. The second-order valence-corrected chi connectivity index (χ2v) is 6.88. The van der Waals surface area contributed by atoms with Gasteiger partial charge in [-0.3, -0.25) is 4.79 Å². The predicted octanol–water partition coefficient (Wildman–Crippen LogP) is 3.31. The average Bonchev–Trinajstić information content (AvgIpc) is 3.08. The number of anilines is 2. The van der Waals surface area contributed by atoms with Crippen LogP contribution >= 0.6 is 11.6 Å². The third-order valence-electron chi connectivity index (χ3n) is 4.63. The van der Waals surface area contributed by atoms with Crippen LogP contribution in [0.1, 0.15) is 21.9 Å². The fourth-order valence-corrected chi connectivity index (χ4v) is 3.63. The van der Waals surface area contributed by atoms with E-state index in [9.17, 15) is 4.79 Å². The Balaban J connectivity index is 1.86. The lowest BCUT2D eigenvalue weighted by atomic mass is 10.1. The summed E-state index contributed by atoms with van der Waals surface area (Å²) in [5.74, 6) is 0.894. The highest BCUT2D eigenvalue weighted by Crippen LogP contribution is 2.40. The largest absolute Gasteiger partial charge is 0.493 e. The van der Waals surface area contributed by atoms with Gasteiger partial charge in [0.1, 0.15) is 6.61 Å². The van der Waals surface area contributed by atoms with Crippen LogP contribution in [0, 0.1) is 0 Å². The van der Waals surface area contributed by atoms with Crippen molar-refractivity contribution in [3.63, 3.8) is 0 Å². The van der Waals surface area contributed by atoms with Crippen molar-refractivity contribution in [1.82, 2.24) is 20.3 Å². The van der Waals surface area contributed by atoms with E-state index in [1.165, 1.54) is 0 Å². The molecule has 3 heterocycles. The number of methoxy groups -OCH3 is 2. The Morgan fingerprint density at radius 2 is 2.14 bits per heavy atom. The van der Waals surface area contributed by atoms with E-state index in [1.807, 2.05) is 12.1 Å². The fraction of sp³-hybridized carbons (Fsp3) is 0.250. The summed E-state index contributed by atoms with van der Waals surface area (Å²) >= 11 is 6.27. The zero-order valence-electron chi connectivity index (χ0n) is 16.0. The summed E-state index contributed by atoms with van der Waals surface area (Å²) in [6.07, 6.45) is 2.36. The van der Waals surface area contributed by atoms with Crippen LogP contribution in [0.25, 0.3) is 11.4 Å². The molecule has 0 aliphatic carbocycles. The average molecular weight is 414 g/mol. The van der Waals surface area contributed by atoms with E-state index in [0.717, 1.165) is 5.69 Å². The number of aromatic amines is 1. The van der Waals surface area contributed by atoms with Gasteiger partial charge in [-0.1, -0.05) is 17.7 Å². The van der Waals surface area contributed by atoms with Gasteiger partial charge in [-0.25, -0.2) is 9.97 Å². The smallest absolute Gasteiger partial charge is 0.255 e. The molecule has 2 aromatic heterocycles. The number of carbonyl (C=O) groups excluding carboxylic acids is 1. The number of H-pyrrole nitrogens is 1. The van der Waals surface area contributed by atoms with Gasteiger partial charge in [0.2, 0.25) is 0 Å². The molecule has 1 amide bonds. The molecule has 8 nitrogen and oxygen atoms in total. The number of amides is 1.